The molecule has 1 unspecified atom stereocenters. The van der Waals surface area contributed by atoms with Crippen molar-refractivity contribution in [3.63, 3.8) is 0 Å². The van der Waals surface area contributed by atoms with E-state index in [0.29, 0.717) is 26.6 Å². The van der Waals surface area contributed by atoms with Crippen LogP contribution < -0.4 is 24.4 Å². The third kappa shape index (κ3) is 4.63. The molecular weight excluding hydrogens is 553 g/mol. The van der Waals surface area contributed by atoms with E-state index < -0.39 is 0 Å². The van der Waals surface area contributed by atoms with Crippen LogP contribution in [-0.4, -0.2) is 18.8 Å². The highest BCUT2D eigenvalue weighted by Crippen LogP contribution is 2.42. The average Bonchev–Trinajstić information content (AvgIpc) is 3.59. The topological polar surface area (TPSA) is 66.0 Å². The number of methoxy groups -OCH3 is 2. The van der Waals surface area contributed by atoms with Crippen LogP contribution in [0.25, 0.3) is 11.8 Å². The van der Waals surface area contributed by atoms with Crippen molar-refractivity contribution in [2.45, 2.75) is 28.9 Å². The van der Waals surface area contributed by atoms with Gasteiger partial charge in [0.25, 0.3) is 5.56 Å². The minimum atomic E-state index is -0.308. The van der Waals surface area contributed by atoms with Crippen molar-refractivity contribution >= 4 is 34.9 Å². The van der Waals surface area contributed by atoms with Gasteiger partial charge in [0.2, 0.25) is 0 Å². The molecule has 7 rings (SSSR count). The fraction of sp³-hybridized carbons (Fsp3) is 0.152. The first-order chi connectivity index (χ1) is 20.1. The lowest BCUT2D eigenvalue weighted by Crippen LogP contribution is -2.38. The summed E-state index contributed by atoms with van der Waals surface area (Å²) < 4.78 is 19.6. The average molecular weight is 579 g/mol. The normalized spacial score (nSPS) is 16.0. The van der Waals surface area contributed by atoms with Gasteiger partial charge < -0.3 is 13.9 Å². The Hall–Kier alpha value is -4.27. The van der Waals surface area contributed by atoms with Gasteiger partial charge in [0.1, 0.15) is 5.76 Å². The number of allylic oxidation sites excluding steroid dienone is 1. The number of aromatic nitrogens is 1. The summed E-state index contributed by atoms with van der Waals surface area (Å²) in [6.07, 6.45) is 3.53. The predicted octanol–water partition coefficient (Wildman–Crippen LogP) is 6.08. The second kappa shape index (κ2) is 10.6. The van der Waals surface area contributed by atoms with Crippen molar-refractivity contribution in [2.24, 2.45) is 4.99 Å². The molecule has 3 heterocycles. The predicted molar refractivity (Wildman–Crippen MR) is 162 cm³/mol. The quantitative estimate of drug-likeness (QED) is 0.244. The molecule has 0 N–H and O–H groups in total. The summed E-state index contributed by atoms with van der Waals surface area (Å²) in [5.41, 5.74) is 5.36. The summed E-state index contributed by atoms with van der Waals surface area (Å²) in [4.78, 5) is 20.9. The van der Waals surface area contributed by atoms with Crippen LogP contribution in [0.5, 0.6) is 11.5 Å². The molecule has 8 heteroatoms. The lowest BCUT2D eigenvalue weighted by molar-refractivity contribution is 0.354. The van der Waals surface area contributed by atoms with Crippen molar-refractivity contribution < 1.29 is 13.9 Å². The van der Waals surface area contributed by atoms with Gasteiger partial charge in [0, 0.05) is 16.5 Å². The maximum atomic E-state index is 14.1. The molecule has 0 saturated heterocycles. The van der Waals surface area contributed by atoms with Crippen LogP contribution >= 0.6 is 23.1 Å². The van der Waals surface area contributed by atoms with Crippen molar-refractivity contribution in [3.05, 3.63) is 133 Å². The summed E-state index contributed by atoms with van der Waals surface area (Å²) in [5.74, 6) is 1.90. The zero-order chi connectivity index (χ0) is 27.9. The SMILES string of the molecule is COc1ccc(C2C3=C(N=c4s/c(=C\c5ccc(Sc6ccccc6)o5)c(=O)n42)c2ccccc2CC3)cc1OC. The third-order valence-corrected chi connectivity index (χ3v) is 9.34. The van der Waals surface area contributed by atoms with Crippen molar-refractivity contribution in [2.75, 3.05) is 14.2 Å². The summed E-state index contributed by atoms with van der Waals surface area (Å²) in [7, 11) is 3.25. The maximum absolute atomic E-state index is 14.1. The number of hydrogen-bond acceptors (Lipinski definition) is 7. The van der Waals surface area contributed by atoms with Crippen LogP contribution in [-0.2, 0) is 6.42 Å². The molecule has 0 fully saturated rings. The molecule has 204 valence electrons. The number of nitrogens with zero attached hydrogens (tertiary/aromatic N) is 2. The number of fused-ring (bicyclic) bond motifs is 3. The lowest BCUT2D eigenvalue weighted by Gasteiger charge is -2.31. The molecule has 1 aliphatic heterocycles. The summed E-state index contributed by atoms with van der Waals surface area (Å²) in [6, 6.07) is 27.9. The van der Waals surface area contributed by atoms with E-state index in [4.69, 9.17) is 18.9 Å². The Morgan fingerprint density at radius 2 is 1.76 bits per heavy atom. The zero-order valence-corrected chi connectivity index (χ0v) is 24.1. The van der Waals surface area contributed by atoms with Crippen LogP contribution in [0.1, 0.15) is 34.9 Å². The van der Waals surface area contributed by atoms with Gasteiger partial charge >= 0.3 is 0 Å². The minimum Gasteiger partial charge on any atom is -0.493 e. The third-order valence-electron chi connectivity index (χ3n) is 7.43. The van der Waals surface area contributed by atoms with Gasteiger partial charge in [0.15, 0.2) is 21.4 Å². The summed E-state index contributed by atoms with van der Waals surface area (Å²) >= 11 is 2.94. The number of furan rings is 1. The first-order valence-electron chi connectivity index (χ1n) is 13.3. The Morgan fingerprint density at radius 3 is 2.59 bits per heavy atom. The van der Waals surface area contributed by atoms with Crippen LogP contribution in [0, 0.1) is 0 Å². The first kappa shape index (κ1) is 25.7. The van der Waals surface area contributed by atoms with Gasteiger partial charge in [-0.1, -0.05) is 71.6 Å². The van der Waals surface area contributed by atoms with Gasteiger partial charge in [-0.2, -0.15) is 0 Å². The van der Waals surface area contributed by atoms with E-state index in [9.17, 15) is 4.79 Å². The van der Waals surface area contributed by atoms with E-state index in [2.05, 4.69) is 18.2 Å². The van der Waals surface area contributed by atoms with Crippen molar-refractivity contribution in [3.8, 4) is 11.5 Å². The monoisotopic (exact) mass is 578 g/mol. The van der Waals surface area contributed by atoms with E-state index in [-0.39, 0.29) is 11.6 Å². The summed E-state index contributed by atoms with van der Waals surface area (Å²) in [5, 5.41) is 0.769. The van der Waals surface area contributed by atoms with E-state index >= 15 is 0 Å². The molecule has 0 radical (unpaired) electrons. The molecule has 0 saturated carbocycles. The molecule has 2 aromatic heterocycles. The standard InChI is InChI=1S/C33H26N2O4S2/c1-37-26-16-13-21(18-27(26)38-2)31-25-15-12-20-8-6-7-11-24(20)30(25)34-33-35(31)32(36)28(41-33)19-22-14-17-29(39-22)40-23-9-4-3-5-10-23/h3-11,13-14,16-19,31H,12,15H2,1-2H3/b28-19-. The van der Waals surface area contributed by atoms with E-state index in [1.165, 1.54) is 16.9 Å². The van der Waals surface area contributed by atoms with Gasteiger partial charge in [-0.25, -0.2) is 4.99 Å². The molecular formula is C33H26N2O4S2. The number of aryl methyl sites for hydroxylation is 1. The van der Waals surface area contributed by atoms with Gasteiger partial charge in [0.05, 0.1) is 30.5 Å². The highest BCUT2D eigenvalue weighted by Gasteiger charge is 2.33. The fourth-order valence-corrected chi connectivity index (χ4v) is 7.33. The van der Waals surface area contributed by atoms with Crippen LogP contribution in [0.3, 0.4) is 0 Å². The largest absolute Gasteiger partial charge is 0.493 e. The highest BCUT2D eigenvalue weighted by molar-refractivity contribution is 7.99. The molecule has 3 aromatic carbocycles. The zero-order valence-electron chi connectivity index (χ0n) is 22.5. The first-order valence-corrected chi connectivity index (χ1v) is 14.9. The number of hydrogen-bond donors (Lipinski definition) is 0. The Kier molecular flexibility index (Phi) is 6.65. The molecule has 41 heavy (non-hydrogen) atoms. The Bertz CT molecular complexity index is 1990. The smallest absolute Gasteiger partial charge is 0.271 e. The number of benzene rings is 3. The molecule has 1 aliphatic carbocycles. The second-order valence-electron chi connectivity index (χ2n) is 9.80. The van der Waals surface area contributed by atoms with Gasteiger partial charge in [-0.3, -0.25) is 9.36 Å². The van der Waals surface area contributed by atoms with Crippen molar-refractivity contribution in [1.29, 1.82) is 0 Å². The van der Waals surface area contributed by atoms with E-state index in [1.54, 1.807) is 26.0 Å². The molecule has 1 atom stereocenters. The minimum absolute atomic E-state index is 0.0902. The van der Waals surface area contributed by atoms with Gasteiger partial charge in [-0.15, -0.1) is 0 Å². The Morgan fingerprint density at radius 1 is 0.951 bits per heavy atom. The fourth-order valence-electron chi connectivity index (χ4n) is 5.55. The molecule has 0 amide bonds. The second-order valence-corrected chi connectivity index (χ2v) is 11.9. The number of ether oxygens (including phenoxy) is 2. The van der Waals surface area contributed by atoms with Crippen LogP contribution in [0.15, 0.2) is 115 Å². The van der Waals surface area contributed by atoms with Crippen molar-refractivity contribution in [1.82, 2.24) is 4.57 Å². The van der Waals surface area contributed by atoms with Gasteiger partial charge in [-0.05, 0) is 65.9 Å². The van der Waals surface area contributed by atoms with E-state index in [0.717, 1.165) is 45.2 Å². The molecule has 0 bridgehead atoms. The maximum Gasteiger partial charge on any atom is 0.271 e. The number of thiazole rings is 1. The molecule has 5 aromatic rings. The Balaban J connectivity index is 1.37. The van der Waals surface area contributed by atoms with E-state index in [1.807, 2.05) is 77.4 Å². The molecule has 2 aliphatic rings. The number of rotatable bonds is 6. The molecule has 0 spiro atoms. The Labute approximate surface area is 244 Å². The lowest BCUT2D eigenvalue weighted by atomic mass is 9.83. The van der Waals surface area contributed by atoms with Crippen LogP contribution in [0.2, 0.25) is 0 Å². The van der Waals surface area contributed by atoms with Crippen LogP contribution in [0.4, 0.5) is 0 Å². The summed E-state index contributed by atoms with van der Waals surface area (Å²) in [6.45, 7) is 0. The highest BCUT2D eigenvalue weighted by atomic mass is 32.2. The molecule has 6 nitrogen and oxygen atoms in total.